The number of rotatable bonds is 5. The van der Waals surface area contributed by atoms with Gasteiger partial charge in [0.15, 0.2) is 0 Å². The van der Waals surface area contributed by atoms with Crippen LogP contribution in [0.2, 0.25) is 5.02 Å². The highest BCUT2D eigenvalue weighted by molar-refractivity contribution is 6.35. The molecule has 0 fully saturated rings. The molecule has 0 saturated heterocycles. The highest BCUT2D eigenvalue weighted by Crippen LogP contribution is 2.28. The Morgan fingerprint density at radius 2 is 1.86 bits per heavy atom. The van der Waals surface area contributed by atoms with Crippen molar-refractivity contribution in [2.45, 2.75) is 6.92 Å². The molecule has 7 nitrogen and oxygen atoms in total. The number of aromatic nitrogens is 4. The third-order valence-corrected chi connectivity index (χ3v) is 4.69. The van der Waals surface area contributed by atoms with Gasteiger partial charge in [0, 0.05) is 6.07 Å². The van der Waals surface area contributed by atoms with Crippen LogP contribution >= 0.6 is 11.6 Å². The van der Waals surface area contributed by atoms with Crippen molar-refractivity contribution < 1.29 is 13.9 Å². The van der Waals surface area contributed by atoms with Crippen molar-refractivity contribution in [3.63, 3.8) is 0 Å². The molecule has 0 saturated carbocycles. The number of fused-ring (bicyclic) bond motifs is 1. The monoisotopic (exact) mass is 411 g/mol. The first-order valence-corrected chi connectivity index (χ1v) is 8.94. The number of imidazole rings is 1. The van der Waals surface area contributed by atoms with Crippen LogP contribution in [0.5, 0.6) is 5.75 Å². The Morgan fingerprint density at radius 3 is 2.48 bits per heavy atom. The number of carbonyl (C=O) groups is 1. The highest BCUT2D eigenvalue weighted by atomic mass is 35.5. The number of amides is 1. The zero-order valence-corrected chi connectivity index (χ0v) is 16.3. The fraction of sp³-hybridized carbons (Fsp3) is 0.100. The van der Waals surface area contributed by atoms with Crippen LogP contribution in [-0.4, -0.2) is 33.0 Å². The average molecular weight is 412 g/mol. The van der Waals surface area contributed by atoms with Crippen LogP contribution in [0.1, 0.15) is 5.82 Å². The molecule has 29 heavy (non-hydrogen) atoms. The maximum absolute atomic E-state index is 13.8. The first-order valence-electron chi connectivity index (χ1n) is 8.57. The van der Waals surface area contributed by atoms with Gasteiger partial charge in [0.05, 0.1) is 41.4 Å². The lowest BCUT2D eigenvalue weighted by Gasteiger charge is -2.16. The van der Waals surface area contributed by atoms with Crippen LogP contribution in [0.3, 0.4) is 0 Å². The summed E-state index contributed by atoms with van der Waals surface area (Å²) in [5, 5.41) is 0.228. The first-order chi connectivity index (χ1) is 14.0. The van der Waals surface area contributed by atoms with Crippen molar-refractivity contribution in [1.82, 2.24) is 19.5 Å². The van der Waals surface area contributed by atoms with E-state index in [2.05, 4.69) is 15.0 Å². The van der Waals surface area contributed by atoms with Gasteiger partial charge in [-0.3, -0.25) is 14.3 Å². The van der Waals surface area contributed by atoms with Crippen LogP contribution in [0, 0.1) is 12.7 Å². The van der Waals surface area contributed by atoms with Crippen LogP contribution in [0.15, 0.2) is 48.8 Å². The Balaban J connectivity index is 1.73. The van der Waals surface area contributed by atoms with Gasteiger partial charge in [0.1, 0.15) is 22.9 Å². The van der Waals surface area contributed by atoms with E-state index in [4.69, 9.17) is 16.3 Å². The molecule has 4 aromatic rings. The molecule has 0 spiro atoms. The molecule has 0 aliphatic heterocycles. The van der Waals surface area contributed by atoms with Crippen LogP contribution < -0.4 is 9.64 Å². The lowest BCUT2D eigenvalue weighted by Crippen LogP contribution is -2.17. The molecule has 4 rings (SSSR count). The molecule has 146 valence electrons. The second kappa shape index (κ2) is 7.48. The van der Waals surface area contributed by atoms with Gasteiger partial charge >= 0.3 is 0 Å². The van der Waals surface area contributed by atoms with Gasteiger partial charge in [-0.2, -0.15) is 0 Å². The first kappa shape index (κ1) is 18.8. The number of anilines is 2. The Morgan fingerprint density at radius 1 is 1.17 bits per heavy atom. The Kier molecular flexibility index (Phi) is 4.85. The molecule has 0 N–H and O–H groups in total. The number of hydrogen-bond acceptors (Lipinski definition) is 5. The fourth-order valence-corrected chi connectivity index (χ4v) is 3.31. The van der Waals surface area contributed by atoms with Gasteiger partial charge in [0.25, 0.3) is 0 Å². The third kappa shape index (κ3) is 3.38. The number of hydrogen-bond donors (Lipinski definition) is 0. The van der Waals surface area contributed by atoms with Gasteiger partial charge in [-0.1, -0.05) is 11.6 Å². The van der Waals surface area contributed by atoms with Gasteiger partial charge in [0.2, 0.25) is 12.4 Å². The second-order valence-electron chi connectivity index (χ2n) is 6.16. The van der Waals surface area contributed by atoms with E-state index in [1.54, 1.807) is 42.9 Å². The number of ether oxygens (including phenoxy) is 1. The molecule has 2 aromatic heterocycles. The minimum absolute atomic E-state index is 0.195. The molecule has 0 radical (unpaired) electrons. The Hall–Kier alpha value is -3.52. The zero-order valence-electron chi connectivity index (χ0n) is 15.5. The number of aryl methyl sites for hydroxylation is 1. The quantitative estimate of drug-likeness (QED) is 0.460. The van der Waals surface area contributed by atoms with Crippen molar-refractivity contribution in [3.05, 3.63) is 65.5 Å². The summed E-state index contributed by atoms with van der Waals surface area (Å²) in [6.07, 6.45) is 3.70. The predicted octanol–water partition coefficient (Wildman–Crippen LogP) is 4.22. The summed E-state index contributed by atoms with van der Waals surface area (Å²) in [5.41, 5.74) is 2.15. The lowest BCUT2D eigenvalue weighted by atomic mass is 10.3. The SMILES string of the molecule is COc1ccc(N(C=O)c2ncc(-n3c(C)nc4c(Cl)cc(F)cc43)cn2)cc1. The van der Waals surface area contributed by atoms with Crippen molar-refractivity contribution in [3.8, 4) is 11.4 Å². The number of halogens is 2. The maximum Gasteiger partial charge on any atom is 0.236 e. The van der Waals surface area contributed by atoms with E-state index in [0.29, 0.717) is 40.4 Å². The van der Waals surface area contributed by atoms with E-state index in [-0.39, 0.29) is 11.0 Å². The summed E-state index contributed by atoms with van der Waals surface area (Å²) < 4.78 is 20.7. The van der Waals surface area contributed by atoms with Crippen LogP contribution in [0.25, 0.3) is 16.7 Å². The van der Waals surface area contributed by atoms with E-state index in [1.165, 1.54) is 29.4 Å². The zero-order chi connectivity index (χ0) is 20.5. The molecule has 2 aromatic carbocycles. The average Bonchev–Trinajstić information content (AvgIpc) is 3.06. The molecule has 0 unspecified atom stereocenters. The molecule has 0 bridgehead atoms. The number of nitrogens with zero attached hydrogens (tertiary/aromatic N) is 5. The summed E-state index contributed by atoms with van der Waals surface area (Å²) in [6, 6.07) is 9.49. The summed E-state index contributed by atoms with van der Waals surface area (Å²) in [6.45, 7) is 1.78. The van der Waals surface area contributed by atoms with E-state index < -0.39 is 5.82 Å². The molecule has 0 atom stereocenters. The minimum atomic E-state index is -0.465. The summed E-state index contributed by atoms with van der Waals surface area (Å²) in [7, 11) is 1.56. The summed E-state index contributed by atoms with van der Waals surface area (Å²) in [5.74, 6) is 1.00. The largest absolute Gasteiger partial charge is 0.497 e. The Bertz CT molecular complexity index is 1190. The van der Waals surface area contributed by atoms with Gasteiger partial charge in [-0.05, 0) is 37.3 Å². The molecular weight excluding hydrogens is 397 g/mol. The normalized spacial score (nSPS) is 10.9. The summed E-state index contributed by atoms with van der Waals surface area (Å²) >= 11 is 6.11. The molecule has 9 heteroatoms. The van der Waals surface area contributed by atoms with E-state index in [9.17, 15) is 9.18 Å². The molecule has 0 aliphatic rings. The van der Waals surface area contributed by atoms with Crippen molar-refractivity contribution in [2.24, 2.45) is 0 Å². The van der Waals surface area contributed by atoms with Crippen molar-refractivity contribution >= 4 is 40.7 Å². The predicted molar refractivity (Wildman–Crippen MR) is 108 cm³/mol. The molecule has 0 aliphatic carbocycles. The maximum atomic E-state index is 13.8. The molecule has 1 amide bonds. The van der Waals surface area contributed by atoms with Crippen LogP contribution in [-0.2, 0) is 4.79 Å². The summed E-state index contributed by atoms with van der Waals surface area (Å²) in [4.78, 5) is 25.9. The Labute approximate surface area is 170 Å². The topological polar surface area (TPSA) is 73.1 Å². The fourth-order valence-electron chi connectivity index (χ4n) is 3.07. The standard InChI is InChI=1S/C20H15ClFN5O2/c1-12-25-19-17(21)7-13(22)8-18(19)27(12)15-9-23-20(24-10-15)26(11-28)14-3-5-16(29-2)6-4-14/h3-11H,1-2H3. The van der Waals surface area contributed by atoms with Crippen LogP contribution in [0.4, 0.5) is 16.0 Å². The number of methoxy groups -OCH3 is 1. The van der Waals surface area contributed by atoms with E-state index in [0.717, 1.165) is 0 Å². The second-order valence-corrected chi connectivity index (χ2v) is 6.57. The highest BCUT2D eigenvalue weighted by Gasteiger charge is 2.16. The molecule has 2 heterocycles. The van der Waals surface area contributed by atoms with Crippen molar-refractivity contribution in [1.29, 1.82) is 0 Å². The smallest absolute Gasteiger partial charge is 0.236 e. The van der Waals surface area contributed by atoms with E-state index >= 15 is 0 Å². The minimum Gasteiger partial charge on any atom is -0.497 e. The van der Waals surface area contributed by atoms with Gasteiger partial charge < -0.3 is 4.74 Å². The van der Waals surface area contributed by atoms with Gasteiger partial charge in [-0.25, -0.2) is 19.3 Å². The van der Waals surface area contributed by atoms with Gasteiger partial charge in [-0.15, -0.1) is 0 Å². The third-order valence-electron chi connectivity index (χ3n) is 4.40. The lowest BCUT2D eigenvalue weighted by molar-refractivity contribution is -0.106. The van der Waals surface area contributed by atoms with E-state index in [1.807, 2.05) is 0 Å². The number of benzene rings is 2. The number of carbonyl (C=O) groups excluding carboxylic acids is 1. The molecular formula is C20H15ClFN5O2. The van der Waals surface area contributed by atoms with Crippen molar-refractivity contribution in [2.75, 3.05) is 12.0 Å².